The van der Waals surface area contributed by atoms with E-state index in [1.54, 1.807) is 11.8 Å². The molecule has 0 saturated carbocycles. The highest BCUT2D eigenvalue weighted by molar-refractivity contribution is 5.93. The van der Waals surface area contributed by atoms with E-state index in [-0.39, 0.29) is 17.7 Å². The SMILES string of the molecule is CC(=O)N1CCC(C(=O)Nc2ccc(-c3cc(C)[nH]n3)cc2)CC1. The molecule has 0 radical (unpaired) electrons. The Hall–Kier alpha value is -2.63. The molecule has 126 valence electrons. The number of nitrogens with zero attached hydrogens (tertiary/aromatic N) is 2. The van der Waals surface area contributed by atoms with Gasteiger partial charge in [0.15, 0.2) is 0 Å². The number of piperidine rings is 1. The Morgan fingerprint density at radius 1 is 1.21 bits per heavy atom. The van der Waals surface area contributed by atoms with E-state index in [0.29, 0.717) is 13.1 Å². The third-order valence-corrected chi connectivity index (χ3v) is 4.47. The normalized spacial score (nSPS) is 15.3. The number of aryl methyl sites for hydroxylation is 1. The molecule has 1 aromatic carbocycles. The summed E-state index contributed by atoms with van der Waals surface area (Å²) in [7, 11) is 0. The van der Waals surface area contributed by atoms with Crippen molar-refractivity contribution in [2.24, 2.45) is 5.92 Å². The lowest BCUT2D eigenvalue weighted by atomic mass is 9.95. The van der Waals surface area contributed by atoms with Gasteiger partial charge < -0.3 is 10.2 Å². The minimum absolute atomic E-state index is 0.0292. The molecule has 2 N–H and O–H groups in total. The molecular weight excluding hydrogens is 304 g/mol. The zero-order chi connectivity index (χ0) is 17.1. The summed E-state index contributed by atoms with van der Waals surface area (Å²) in [4.78, 5) is 25.5. The maximum atomic E-state index is 12.4. The second kappa shape index (κ2) is 6.86. The van der Waals surface area contributed by atoms with E-state index in [1.165, 1.54) is 0 Å². The fourth-order valence-corrected chi connectivity index (χ4v) is 2.99. The van der Waals surface area contributed by atoms with Crippen molar-refractivity contribution in [3.05, 3.63) is 36.0 Å². The van der Waals surface area contributed by atoms with E-state index < -0.39 is 0 Å². The zero-order valence-electron chi connectivity index (χ0n) is 14.0. The third kappa shape index (κ3) is 3.64. The van der Waals surface area contributed by atoms with Crippen molar-refractivity contribution in [2.45, 2.75) is 26.7 Å². The van der Waals surface area contributed by atoms with Crippen LogP contribution in [-0.2, 0) is 9.59 Å². The molecule has 1 aliphatic heterocycles. The number of anilines is 1. The van der Waals surface area contributed by atoms with E-state index in [2.05, 4.69) is 15.5 Å². The first-order valence-electron chi connectivity index (χ1n) is 8.22. The van der Waals surface area contributed by atoms with Crippen LogP contribution in [0.5, 0.6) is 0 Å². The average molecular weight is 326 g/mol. The summed E-state index contributed by atoms with van der Waals surface area (Å²) in [6.45, 7) is 4.85. The molecular formula is C18H22N4O2. The van der Waals surface area contributed by atoms with Crippen LogP contribution < -0.4 is 5.32 Å². The first kappa shape index (κ1) is 16.2. The van der Waals surface area contributed by atoms with E-state index in [0.717, 1.165) is 35.5 Å². The zero-order valence-corrected chi connectivity index (χ0v) is 14.0. The Kier molecular flexibility index (Phi) is 4.64. The van der Waals surface area contributed by atoms with Gasteiger partial charge in [-0.2, -0.15) is 5.10 Å². The summed E-state index contributed by atoms with van der Waals surface area (Å²) in [5.74, 6) is 0.0777. The van der Waals surface area contributed by atoms with Crippen LogP contribution >= 0.6 is 0 Å². The van der Waals surface area contributed by atoms with Gasteiger partial charge in [-0.1, -0.05) is 12.1 Å². The van der Waals surface area contributed by atoms with Crippen LogP contribution in [0.4, 0.5) is 5.69 Å². The topological polar surface area (TPSA) is 78.1 Å². The fourth-order valence-electron chi connectivity index (χ4n) is 2.99. The fraction of sp³-hybridized carbons (Fsp3) is 0.389. The van der Waals surface area contributed by atoms with Crippen LogP contribution in [0.3, 0.4) is 0 Å². The van der Waals surface area contributed by atoms with Crippen LogP contribution in [0.25, 0.3) is 11.3 Å². The van der Waals surface area contributed by atoms with Gasteiger partial charge >= 0.3 is 0 Å². The minimum atomic E-state index is -0.0331. The molecule has 0 aliphatic carbocycles. The highest BCUT2D eigenvalue weighted by atomic mass is 16.2. The molecule has 0 bridgehead atoms. The maximum absolute atomic E-state index is 12.4. The smallest absolute Gasteiger partial charge is 0.227 e. The second-order valence-corrected chi connectivity index (χ2v) is 6.28. The van der Waals surface area contributed by atoms with Crippen LogP contribution in [0.1, 0.15) is 25.5 Å². The predicted molar refractivity (Wildman–Crippen MR) is 92.4 cm³/mol. The van der Waals surface area contributed by atoms with Gasteiger partial charge in [0.2, 0.25) is 11.8 Å². The number of nitrogens with one attached hydrogen (secondary N) is 2. The molecule has 1 aromatic heterocycles. The number of hydrogen-bond acceptors (Lipinski definition) is 3. The lowest BCUT2D eigenvalue weighted by Gasteiger charge is -2.30. The maximum Gasteiger partial charge on any atom is 0.227 e. The number of benzene rings is 1. The molecule has 2 amide bonds. The molecule has 6 heteroatoms. The summed E-state index contributed by atoms with van der Waals surface area (Å²) in [6.07, 6.45) is 1.44. The van der Waals surface area contributed by atoms with Crippen LogP contribution in [0.2, 0.25) is 0 Å². The predicted octanol–water partition coefficient (Wildman–Crippen LogP) is 2.58. The molecule has 3 rings (SSSR count). The third-order valence-electron chi connectivity index (χ3n) is 4.47. The van der Waals surface area contributed by atoms with Gasteiger partial charge in [0.25, 0.3) is 0 Å². The molecule has 1 fully saturated rings. The number of H-pyrrole nitrogens is 1. The van der Waals surface area contributed by atoms with Crippen molar-refractivity contribution < 1.29 is 9.59 Å². The monoisotopic (exact) mass is 326 g/mol. The first-order valence-corrected chi connectivity index (χ1v) is 8.22. The van der Waals surface area contributed by atoms with Gasteiger partial charge in [-0.3, -0.25) is 14.7 Å². The lowest BCUT2D eigenvalue weighted by molar-refractivity contribution is -0.132. The van der Waals surface area contributed by atoms with Crippen LogP contribution in [0, 0.1) is 12.8 Å². The highest BCUT2D eigenvalue weighted by Gasteiger charge is 2.25. The van der Waals surface area contributed by atoms with Crippen molar-refractivity contribution in [3.8, 4) is 11.3 Å². The Balaban J connectivity index is 1.58. The number of amides is 2. The Bertz CT molecular complexity index is 728. The molecule has 1 saturated heterocycles. The minimum Gasteiger partial charge on any atom is -0.343 e. The average Bonchev–Trinajstić information content (AvgIpc) is 3.02. The number of carbonyl (C=O) groups is 2. The molecule has 0 atom stereocenters. The van der Waals surface area contributed by atoms with Crippen molar-refractivity contribution in [3.63, 3.8) is 0 Å². The number of likely N-dealkylation sites (tertiary alicyclic amines) is 1. The summed E-state index contributed by atoms with van der Waals surface area (Å²) in [6, 6.07) is 9.66. The van der Waals surface area contributed by atoms with Gasteiger partial charge in [-0.05, 0) is 38.0 Å². The van der Waals surface area contributed by atoms with Crippen molar-refractivity contribution in [1.82, 2.24) is 15.1 Å². The summed E-state index contributed by atoms with van der Waals surface area (Å²) >= 11 is 0. The van der Waals surface area contributed by atoms with E-state index in [9.17, 15) is 9.59 Å². The van der Waals surface area contributed by atoms with Crippen molar-refractivity contribution in [1.29, 1.82) is 0 Å². The highest BCUT2D eigenvalue weighted by Crippen LogP contribution is 2.22. The van der Waals surface area contributed by atoms with Gasteiger partial charge in [-0.15, -0.1) is 0 Å². The molecule has 0 spiro atoms. The van der Waals surface area contributed by atoms with Crippen LogP contribution in [0.15, 0.2) is 30.3 Å². The summed E-state index contributed by atoms with van der Waals surface area (Å²) in [5.41, 5.74) is 3.69. The molecule has 24 heavy (non-hydrogen) atoms. The largest absolute Gasteiger partial charge is 0.343 e. The van der Waals surface area contributed by atoms with Crippen molar-refractivity contribution in [2.75, 3.05) is 18.4 Å². The summed E-state index contributed by atoms with van der Waals surface area (Å²) in [5, 5.41) is 10.1. The molecule has 0 unspecified atom stereocenters. The Morgan fingerprint density at radius 3 is 2.42 bits per heavy atom. The van der Waals surface area contributed by atoms with E-state index in [1.807, 2.05) is 37.3 Å². The van der Waals surface area contributed by atoms with Gasteiger partial charge in [0.1, 0.15) is 0 Å². The molecule has 1 aliphatic rings. The quantitative estimate of drug-likeness (QED) is 0.910. The lowest BCUT2D eigenvalue weighted by Crippen LogP contribution is -2.40. The van der Waals surface area contributed by atoms with Gasteiger partial charge in [0, 0.05) is 42.9 Å². The molecule has 2 aromatic rings. The van der Waals surface area contributed by atoms with Gasteiger partial charge in [0.05, 0.1) is 5.69 Å². The Labute approximate surface area is 141 Å². The Morgan fingerprint density at radius 2 is 1.88 bits per heavy atom. The molecule has 6 nitrogen and oxygen atoms in total. The molecule has 2 heterocycles. The number of aromatic nitrogens is 2. The summed E-state index contributed by atoms with van der Waals surface area (Å²) < 4.78 is 0. The van der Waals surface area contributed by atoms with Gasteiger partial charge in [-0.25, -0.2) is 0 Å². The second-order valence-electron chi connectivity index (χ2n) is 6.28. The van der Waals surface area contributed by atoms with Crippen molar-refractivity contribution >= 4 is 17.5 Å². The van der Waals surface area contributed by atoms with E-state index >= 15 is 0 Å². The number of aromatic amines is 1. The number of rotatable bonds is 3. The number of carbonyl (C=O) groups excluding carboxylic acids is 2. The van der Waals surface area contributed by atoms with E-state index in [4.69, 9.17) is 0 Å². The standard InChI is InChI=1S/C18H22N4O2/c1-12-11-17(21-20-12)14-3-5-16(6-4-14)19-18(24)15-7-9-22(10-8-15)13(2)23/h3-6,11,15H,7-10H2,1-2H3,(H,19,24)(H,20,21). The number of hydrogen-bond donors (Lipinski definition) is 2. The first-order chi connectivity index (χ1) is 11.5. The van der Waals surface area contributed by atoms with Crippen LogP contribution in [-0.4, -0.2) is 40.0 Å².